The molecule has 0 aliphatic carbocycles. The van der Waals surface area contributed by atoms with Crippen molar-refractivity contribution in [3.8, 4) is 11.5 Å². The quantitative estimate of drug-likeness (QED) is 0.535. The fraction of sp³-hybridized carbons (Fsp3) is 0.381. The Kier molecular flexibility index (Phi) is 6.98. The van der Waals surface area contributed by atoms with Gasteiger partial charge in [-0.1, -0.05) is 32.0 Å². The highest BCUT2D eigenvalue weighted by Crippen LogP contribution is 2.31. The van der Waals surface area contributed by atoms with E-state index in [0.717, 1.165) is 5.56 Å². The van der Waals surface area contributed by atoms with E-state index >= 15 is 0 Å². The number of carbonyl (C=O) groups excluding carboxylic acids is 1. The summed E-state index contributed by atoms with van der Waals surface area (Å²) < 4.78 is 11.1. The van der Waals surface area contributed by atoms with E-state index in [1.54, 1.807) is 38.3 Å². The number of para-hydroxylation sites is 1. The smallest absolute Gasteiger partial charge is 0.285 e. The third kappa shape index (κ3) is 5.00. The molecule has 2 aromatic carbocycles. The number of rotatable bonds is 8. The molecule has 1 unspecified atom stereocenters. The van der Waals surface area contributed by atoms with Gasteiger partial charge in [0.15, 0.2) is 11.5 Å². The van der Waals surface area contributed by atoms with Gasteiger partial charge in [-0.15, -0.1) is 0 Å². The highest BCUT2D eigenvalue weighted by molar-refractivity contribution is 5.98. The minimum absolute atomic E-state index is 0.0423. The number of hydrogen-bond donors (Lipinski definition) is 1. The number of amides is 1. The third-order valence-electron chi connectivity index (χ3n) is 4.27. The maximum atomic E-state index is 12.6. The van der Waals surface area contributed by atoms with Crippen LogP contribution in [-0.2, 0) is 0 Å². The summed E-state index contributed by atoms with van der Waals surface area (Å²) in [4.78, 5) is 23.4. The van der Waals surface area contributed by atoms with Crippen LogP contribution in [0.25, 0.3) is 0 Å². The zero-order valence-corrected chi connectivity index (χ0v) is 16.8. The van der Waals surface area contributed by atoms with Gasteiger partial charge in [0.2, 0.25) is 0 Å². The van der Waals surface area contributed by atoms with E-state index in [0.29, 0.717) is 29.6 Å². The summed E-state index contributed by atoms with van der Waals surface area (Å²) in [5, 5.41) is 14.1. The van der Waals surface area contributed by atoms with Crippen LogP contribution in [0.4, 0.5) is 5.69 Å². The lowest BCUT2D eigenvalue weighted by atomic mass is 10.0. The summed E-state index contributed by atoms with van der Waals surface area (Å²) in [7, 11) is 1.56. The molecule has 0 spiro atoms. The van der Waals surface area contributed by atoms with Crippen LogP contribution in [0.1, 0.15) is 48.3 Å². The molecule has 1 amide bonds. The molecule has 0 fully saturated rings. The fourth-order valence-corrected chi connectivity index (χ4v) is 2.77. The molecule has 2 rings (SSSR count). The maximum absolute atomic E-state index is 12.6. The van der Waals surface area contributed by atoms with Gasteiger partial charge in [-0.05, 0) is 43.5 Å². The number of nitro groups is 1. The Morgan fingerprint density at radius 1 is 1.18 bits per heavy atom. The van der Waals surface area contributed by atoms with Crippen LogP contribution in [0.15, 0.2) is 36.4 Å². The molecule has 7 nitrogen and oxygen atoms in total. The van der Waals surface area contributed by atoms with Gasteiger partial charge in [0.25, 0.3) is 11.6 Å². The Morgan fingerprint density at radius 3 is 2.50 bits per heavy atom. The molecule has 0 saturated heterocycles. The molecule has 7 heteroatoms. The Morgan fingerprint density at radius 2 is 1.89 bits per heavy atom. The zero-order valence-electron chi connectivity index (χ0n) is 16.8. The summed E-state index contributed by atoms with van der Waals surface area (Å²) in [6.07, 6.45) is 0. The first kappa shape index (κ1) is 21.2. The standard InChI is InChI=1S/C21H26N2O5/c1-13(2)12-28-18-10-9-16(11-19(18)27-5)15(4)22-21(24)17-8-6-7-14(3)20(17)23(25)26/h6-11,13,15H,12H2,1-5H3,(H,22,24). The van der Waals surface area contributed by atoms with E-state index in [2.05, 4.69) is 19.2 Å². The molecule has 1 atom stereocenters. The molecular formula is C21H26N2O5. The van der Waals surface area contributed by atoms with Crippen molar-refractivity contribution in [3.05, 3.63) is 63.2 Å². The fourth-order valence-electron chi connectivity index (χ4n) is 2.77. The normalized spacial score (nSPS) is 11.8. The van der Waals surface area contributed by atoms with Crippen LogP contribution in [0.3, 0.4) is 0 Å². The highest BCUT2D eigenvalue weighted by atomic mass is 16.6. The van der Waals surface area contributed by atoms with Gasteiger partial charge in [0.05, 0.1) is 24.7 Å². The van der Waals surface area contributed by atoms with Crippen LogP contribution in [0.5, 0.6) is 11.5 Å². The number of hydrogen-bond acceptors (Lipinski definition) is 5. The van der Waals surface area contributed by atoms with Crippen molar-refractivity contribution in [2.24, 2.45) is 5.92 Å². The van der Waals surface area contributed by atoms with Crippen molar-refractivity contribution in [2.75, 3.05) is 13.7 Å². The van der Waals surface area contributed by atoms with E-state index in [1.807, 2.05) is 13.0 Å². The van der Waals surface area contributed by atoms with Gasteiger partial charge in [-0.3, -0.25) is 14.9 Å². The van der Waals surface area contributed by atoms with Crippen LogP contribution in [-0.4, -0.2) is 24.5 Å². The summed E-state index contributed by atoms with van der Waals surface area (Å²) in [5.41, 5.74) is 1.11. The van der Waals surface area contributed by atoms with E-state index in [9.17, 15) is 14.9 Å². The van der Waals surface area contributed by atoms with Gasteiger partial charge in [0, 0.05) is 5.56 Å². The summed E-state index contributed by atoms with van der Waals surface area (Å²) in [5.74, 6) is 1.09. The largest absolute Gasteiger partial charge is 0.493 e. The van der Waals surface area contributed by atoms with Crippen molar-refractivity contribution < 1.29 is 19.2 Å². The molecular weight excluding hydrogens is 360 g/mol. The minimum atomic E-state index is -0.529. The molecule has 0 aliphatic heterocycles. The minimum Gasteiger partial charge on any atom is -0.493 e. The molecule has 28 heavy (non-hydrogen) atoms. The van der Waals surface area contributed by atoms with Crippen molar-refractivity contribution in [1.82, 2.24) is 5.32 Å². The van der Waals surface area contributed by atoms with Gasteiger partial charge in [0.1, 0.15) is 5.56 Å². The molecule has 2 aromatic rings. The maximum Gasteiger partial charge on any atom is 0.285 e. The van der Waals surface area contributed by atoms with Crippen LogP contribution < -0.4 is 14.8 Å². The molecule has 150 valence electrons. The lowest BCUT2D eigenvalue weighted by Crippen LogP contribution is -2.27. The molecule has 0 radical (unpaired) electrons. The number of aryl methyl sites for hydroxylation is 1. The van der Waals surface area contributed by atoms with Crippen LogP contribution >= 0.6 is 0 Å². The second kappa shape index (κ2) is 9.21. The second-order valence-corrected chi connectivity index (χ2v) is 7.04. The van der Waals surface area contributed by atoms with E-state index in [-0.39, 0.29) is 17.3 Å². The number of carbonyl (C=O) groups is 1. The molecule has 0 heterocycles. The lowest BCUT2D eigenvalue weighted by Gasteiger charge is -2.18. The monoisotopic (exact) mass is 386 g/mol. The SMILES string of the molecule is COc1cc(C(C)NC(=O)c2cccc(C)c2[N+](=O)[O-])ccc1OCC(C)C. The van der Waals surface area contributed by atoms with Gasteiger partial charge >= 0.3 is 0 Å². The van der Waals surface area contributed by atoms with Crippen molar-refractivity contribution in [1.29, 1.82) is 0 Å². The summed E-state index contributed by atoms with van der Waals surface area (Å²) in [6.45, 7) is 8.10. The third-order valence-corrected chi connectivity index (χ3v) is 4.27. The van der Waals surface area contributed by atoms with Crippen molar-refractivity contribution >= 4 is 11.6 Å². The summed E-state index contributed by atoms with van der Waals surface area (Å²) in [6, 6.07) is 9.76. The highest BCUT2D eigenvalue weighted by Gasteiger charge is 2.24. The molecule has 1 N–H and O–H groups in total. The number of ether oxygens (including phenoxy) is 2. The van der Waals surface area contributed by atoms with Gasteiger partial charge < -0.3 is 14.8 Å². The first-order valence-electron chi connectivity index (χ1n) is 9.10. The summed E-state index contributed by atoms with van der Waals surface area (Å²) >= 11 is 0. The van der Waals surface area contributed by atoms with E-state index in [1.165, 1.54) is 6.07 Å². The first-order chi connectivity index (χ1) is 13.2. The first-order valence-corrected chi connectivity index (χ1v) is 9.10. The van der Waals surface area contributed by atoms with Crippen LogP contribution in [0.2, 0.25) is 0 Å². The Hall–Kier alpha value is -3.09. The molecule has 0 aromatic heterocycles. The van der Waals surface area contributed by atoms with E-state index < -0.39 is 10.8 Å². The van der Waals surface area contributed by atoms with Crippen LogP contribution in [0, 0.1) is 23.0 Å². The average molecular weight is 386 g/mol. The number of nitro benzene ring substituents is 1. The average Bonchev–Trinajstić information content (AvgIpc) is 2.65. The Labute approximate surface area is 164 Å². The van der Waals surface area contributed by atoms with Gasteiger partial charge in [-0.25, -0.2) is 0 Å². The van der Waals surface area contributed by atoms with Gasteiger partial charge in [-0.2, -0.15) is 0 Å². The Bertz CT molecular complexity index is 864. The topological polar surface area (TPSA) is 90.7 Å². The Balaban J connectivity index is 2.21. The molecule has 0 saturated carbocycles. The number of benzene rings is 2. The second-order valence-electron chi connectivity index (χ2n) is 7.04. The van der Waals surface area contributed by atoms with Crippen molar-refractivity contribution in [3.63, 3.8) is 0 Å². The lowest BCUT2D eigenvalue weighted by molar-refractivity contribution is -0.385. The van der Waals surface area contributed by atoms with Crippen molar-refractivity contribution in [2.45, 2.75) is 33.7 Å². The number of nitrogens with one attached hydrogen (secondary N) is 1. The zero-order chi connectivity index (χ0) is 20.8. The number of nitrogens with zero attached hydrogens (tertiary/aromatic N) is 1. The molecule has 0 bridgehead atoms. The predicted molar refractivity (Wildman–Crippen MR) is 107 cm³/mol. The van der Waals surface area contributed by atoms with E-state index in [4.69, 9.17) is 9.47 Å². The predicted octanol–water partition coefficient (Wildman–Crippen LogP) is 4.44. The molecule has 0 aliphatic rings. The number of methoxy groups -OCH3 is 1.